The van der Waals surface area contributed by atoms with E-state index in [1.54, 1.807) is 6.33 Å². The molecule has 1 unspecified atom stereocenters. The van der Waals surface area contributed by atoms with Crippen molar-refractivity contribution in [1.82, 2.24) is 20.2 Å². The number of rotatable bonds is 4. The van der Waals surface area contributed by atoms with Crippen molar-refractivity contribution in [2.75, 3.05) is 5.73 Å². The average Bonchev–Trinajstić information content (AvgIpc) is 3.44. The first kappa shape index (κ1) is 32.7. The lowest BCUT2D eigenvalue weighted by molar-refractivity contribution is -0.181. The SMILES string of the molecule is CC1(C)CC[C@]2(C(=O)OCc3ccccc3)CC[C@]3(C)C(=C(c4cncnc4)CC4[C@@]5(C)Cc6c(N)n[nH]c6C(C)(C)[C@@H]5CC[C@]43C)[C@@H]2C1. The number of benzene rings is 1. The van der Waals surface area contributed by atoms with Gasteiger partial charge in [0.05, 0.1) is 5.41 Å². The summed E-state index contributed by atoms with van der Waals surface area (Å²) in [5, 5.41) is 7.91. The highest BCUT2D eigenvalue weighted by molar-refractivity contribution is 5.81. The summed E-state index contributed by atoms with van der Waals surface area (Å²) in [5.74, 6) is 1.67. The summed E-state index contributed by atoms with van der Waals surface area (Å²) in [6.07, 6.45) is 14.6. The van der Waals surface area contributed by atoms with E-state index in [2.05, 4.69) is 68.6 Å². The Labute approximate surface area is 292 Å². The van der Waals surface area contributed by atoms with Gasteiger partial charge in [0.2, 0.25) is 0 Å². The number of allylic oxidation sites excluding steroid dienone is 2. The summed E-state index contributed by atoms with van der Waals surface area (Å²) in [6, 6.07) is 10.1. The van der Waals surface area contributed by atoms with E-state index in [1.807, 2.05) is 42.7 Å². The summed E-state index contributed by atoms with van der Waals surface area (Å²) in [5.41, 5.74) is 13.6. The maximum Gasteiger partial charge on any atom is 0.313 e. The molecule has 8 rings (SSSR count). The zero-order valence-electron chi connectivity index (χ0n) is 30.7. The molecule has 3 N–H and O–H groups in total. The van der Waals surface area contributed by atoms with Crippen LogP contribution in [0.4, 0.5) is 5.82 Å². The number of nitrogens with one attached hydrogen (secondary N) is 1. The normalized spacial score (nSPS) is 37.2. The van der Waals surface area contributed by atoms with E-state index >= 15 is 0 Å². The van der Waals surface area contributed by atoms with Crippen LogP contribution in [0.1, 0.15) is 122 Å². The van der Waals surface area contributed by atoms with Gasteiger partial charge in [-0.05, 0) is 108 Å². The molecule has 0 aliphatic heterocycles. The zero-order chi connectivity index (χ0) is 34.6. The second-order valence-corrected chi connectivity index (χ2v) is 18.6. The third kappa shape index (κ3) is 4.51. The van der Waals surface area contributed by atoms with E-state index in [4.69, 9.17) is 10.5 Å². The van der Waals surface area contributed by atoms with Gasteiger partial charge < -0.3 is 10.5 Å². The number of carbonyl (C=O) groups is 1. The van der Waals surface area contributed by atoms with E-state index < -0.39 is 5.41 Å². The highest BCUT2D eigenvalue weighted by Gasteiger charge is 2.70. The fourth-order valence-electron chi connectivity index (χ4n) is 12.8. The van der Waals surface area contributed by atoms with Crippen LogP contribution in [0.5, 0.6) is 0 Å². The molecule has 2 aromatic heterocycles. The number of aromatic amines is 1. The molecular weight excluding hydrogens is 606 g/mol. The first-order valence-corrected chi connectivity index (χ1v) is 18.7. The molecule has 3 aromatic rings. The molecule has 7 atom stereocenters. The number of carbonyl (C=O) groups excluding carboxylic acids is 1. The number of hydrogen-bond donors (Lipinski definition) is 2. The Morgan fingerprint density at radius 2 is 1.65 bits per heavy atom. The Morgan fingerprint density at radius 1 is 0.939 bits per heavy atom. The van der Waals surface area contributed by atoms with Crippen LogP contribution < -0.4 is 5.73 Å². The minimum absolute atomic E-state index is 0.00463. The average molecular weight is 662 g/mol. The van der Waals surface area contributed by atoms with Gasteiger partial charge in [-0.15, -0.1) is 0 Å². The van der Waals surface area contributed by atoms with Crippen LogP contribution in [-0.4, -0.2) is 26.1 Å². The lowest BCUT2D eigenvalue weighted by Gasteiger charge is -2.71. The molecule has 7 nitrogen and oxygen atoms in total. The largest absolute Gasteiger partial charge is 0.460 e. The second-order valence-electron chi connectivity index (χ2n) is 18.6. The number of esters is 1. The van der Waals surface area contributed by atoms with Crippen LogP contribution >= 0.6 is 0 Å². The maximum absolute atomic E-state index is 14.7. The van der Waals surface area contributed by atoms with Gasteiger partial charge in [0.25, 0.3) is 0 Å². The summed E-state index contributed by atoms with van der Waals surface area (Å²) in [7, 11) is 0. The van der Waals surface area contributed by atoms with E-state index in [-0.39, 0.29) is 39.0 Å². The Hall–Kier alpha value is -3.48. The topological polar surface area (TPSA) is 107 Å². The number of anilines is 1. The predicted molar refractivity (Wildman–Crippen MR) is 193 cm³/mol. The molecule has 3 saturated carbocycles. The monoisotopic (exact) mass is 661 g/mol. The molecule has 7 heteroatoms. The molecule has 0 saturated heterocycles. The molecule has 0 bridgehead atoms. The van der Waals surface area contributed by atoms with E-state index in [1.165, 1.54) is 35.2 Å². The molecule has 0 amide bonds. The molecule has 1 aromatic carbocycles. The van der Waals surface area contributed by atoms with Crippen molar-refractivity contribution >= 4 is 17.4 Å². The summed E-state index contributed by atoms with van der Waals surface area (Å²) in [4.78, 5) is 23.8. The number of H-pyrrole nitrogens is 1. The number of hydrogen-bond acceptors (Lipinski definition) is 6. The number of fused-ring (bicyclic) bond motifs is 8. The zero-order valence-corrected chi connectivity index (χ0v) is 30.7. The predicted octanol–water partition coefficient (Wildman–Crippen LogP) is 8.87. The van der Waals surface area contributed by atoms with Crippen molar-refractivity contribution in [3.63, 3.8) is 0 Å². The molecule has 0 spiro atoms. The quantitative estimate of drug-likeness (QED) is 0.271. The third-order valence-corrected chi connectivity index (χ3v) is 15.5. The Kier molecular flexibility index (Phi) is 7.18. The molecule has 5 aliphatic carbocycles. The smallest absolute Gasteiger partial charge is 0.313 e. The van der Waals surface area contributed by atoms with Gasteiger partial charge >= 0.3 is 5.97 Å². The molecule has 5 aliphatic rings. The van der Waals surface area contributed by atoms with E-state index in [9.17, 15) is 4.79 Å². The van der Waals surface area contributed by atoms with Gasteiger partial charge in [-0.25, -0.2) is 9.97 Å². The standard InChI is InChI=1S/C42H55N5O2/c1-37(2)15-17-42(36(48)49-24-26-11-9-8-10-12-26)18-16-41(7)33(30(42)21-37)28(27-22-44-25-45-23-27)19-32-39(5)20-29-34(46-47-35(29)43)38(3,4)31(39)13-14-40(32,41)6/h8-12,22-23,25,30-32H,13-21,24H2,1-7H3,(H3,43,46,47)/t30-,31-,32?,39-,40+,41+,42-/m0/s1. The number of nitrogen functional groups attached to an aromatic ring is 1. The summed E-state index contributed by atoms with van der Waals surface area (Å²) < 4.78 is 6.32. The Morgan fingerprint density at radius 3 is 2.39 bits per heavy atom. The molecular formula is C42H55N5O2. The molecule has 0 radical (unpaired) electrons. The molecule has 49 heavy (non-hydrogen) atoms. The second kappa shape index (κ2) is 10.8. The first-order valence-electron chi connectivity index (χ1n) is 18.7. The van der Waals surface area contributed by atoms with Crippen molar-refractivity contribution < 1.29 is 9.53 Å². The van der Waals surface area contributed by atoms with Gasteiger partial charge in [-0.2, -0.15) is 5.10 Å². The number of nitrogens with zero attached hydrogens (tertiary/aromatic N) is 3. The maximum atomic E-state index is 14.7. The number of ether oxygens (including phenoxy) is 1. The van der Waals surface area contributed by atoms with Gasteiger partial charge in [0, 0.05) is 34.6 Å². The van der Waals surface area contributed by atoms with Crippen molar-refractivity contribution in [2.24, 2.45) is 44.8 Å². The lowest BCUT2D eigenvalue weighted by Crippen LogP contribution is -2.65. The molecule has 260 valence electrons. The summed E-state index contributed by atoms with van der Waals surface area (Å²) >= 11 is 0. The number of nitrogens with two attached hydrogens (primary N) is 1. The number of aromatic nitrogens is 4. The summed E-state index contributed by atoms with van der Waals surface area (Å²) in [6.45, 7) is 17.7. The minimum Gasteiger partial charge on any atom is -0.460 e. The first-order chi connectivity index (χ1) is 23.2. The third-order valence-electron chi connectivity index (χ3n) is 15.5. The van der Waals surface area contributed by atoms with Gasteiger partial charge in [0.1, 0.15) is 18.8 Å². The van der Waals surface area contributed by atoms with Crippen molar-refractivity contribution in [2.45, 2.75) is 118 Å². The van der Waals surface area contributed by atoms with Gasteiger partial charge in [0.15, 0.2) is 0 Å². The Balaban J connectivity index is 1.30. The Bertz CT molecular complexity index is 1810. The molecule has 3 fully saturated rings. The van der Waals surface area contributed by atoms with Crippen LogP contribution in [0.25, 0.3) is 5.57 Å². The van der Waals surface area contributed by atoms with Gasteiger partial charge in [-0.1, -0.05) is 84.4 Å². The fourth-order valence-corrected chi connectivity index (χ4v) is 12.8. The van der Waals surface area contributed by atoms with Gasteiger partial charge in [-0.3, -0.25) is 9.89 Å². The van der Waals surface area contributed by atoms with Crippen LogP contribution in [0, 0.1) is 44.8 Å². The minimum atomic E-state index is -0.530. The van der Waals surface area contributed by atoms with Crippen LogP contribution in [0.15, 0.2) is 54.6 Å². The lowest BCUT2D eigenvalue weighted by atomic mass is 9.33. The highest BCUT2D eigenvalue weighted by Crippen LogP contribution is 2.77. The van der Waals surface area contributed by atoms with Crippen molar-refractivity contribution in [1.29, 1.82) is 0 Å². The highest BCUT2D eigenvalue weighted by atomic mass is 16.5. The van der Waals surface area contributed by atoms with Crippen molar-refractivity contribution in [3.05, 3.63) is 77.0 Å². The van der Waals surface area contributed by atoms with Crippen LogP contribution in [0.2, 0.25) is 0 Å². The van der Waals surface area contributed by atoms with E-state index in [0.29, 0.717) is 24.3 Å². The molecule has 2 heterocycles. The van der Waals surface area contributed by atoms with Crippen LogP contribution in [0.3, 0.4) is 0 Å². The van der Waals surface area contributed by atoms with Crippen LogP contribution in [-0.2, 0) is 28.0 Å². The fraction of sp³-hybridized carbons (Fsp3) is 0.619. The van der Waals surface area contributed by atoms with E-state index in [0.717, 1.165) is 56.1 Å². The van der Waals surface area contributed by atoms with Crippen molar-refractivity contribution in [3.8, 4) is 0 Å².